The quantitative estimate of drug-likeness (QED) is 0.393. The van der Waals surface area contributed by atoms with Crippen LogP contribution in [-0.4, -0.2) is 11.0 Å². The van der Waals surface area contributed by atoms with Gasteiger partial charge in [0.2, 0.25) is 0 Å². The first-order valence-corrected chi connectivity index (χ1v) is 6.54. The van der Waals surface area contributed by atoms with Gasteiger partial charge in [0, 0.05) is 5.02 Å². The molecule has 0 atom stereocenters. The summed E-state index contributed by atoms with van der Waals surface area (Å²) < 4.78 is 18.9. The Kier molecular flexibility index (Phi) is 4.65. The Labute approximate surface area is 126 Å². The fourth-order valence-electron chi connectivity index (χ4n) is 1.83. The maximum absolute atomic E-state index is 13.3. The van der Waals surface area contributed by atoms with Crippen LogP contribution in [0.3, 0.4) is 0 Å². The van der Waals surface area contributed by atoms with E-state index in [1.54, 1.807) is 24.3 Å². The van der Waals surface area contributed by atoms with E-state index in [4.69, 9.17) is 27.3 Å². The van der Waals surface area contributed by atoms with E-state index < -0.39 is 0 Å². The Morgan fingerprint density at radius 3 is 2.81 bits per heavy atom. The SMILES string of the molecule is Cc1ccc(F)cc1COc1cc(Cl)ccc1/C(N)=N/O. The molecule has 0 aliphatic heterocycles. The minimum atomic E-state index is -0.332. The third-order valence-electron chi connectivity index (χ3n) is 3.02. The first kappa shape index (κ1) is 15.1. The molecule has 4 nitrogen and oxygen atoms in total. The van der Waals surface area contributed by atoms with Crippen molar-refractivity contribution in [2.24, 2.45) is 10.9 Å². The summed E-state index contributed by atoms with van der Waals surface area (Å²) in [6, 6.07) is 9.23. The number of nitrogens with two attached hydrogens (primary N) is 1. The topological polar surface area (TPSA) is 67.8 Å². The molecule has 110 valence electrons. The lowest BCUT2D eigenvalue weighted by molar-refractivity contribution is 0.302. The molecule has 21 heavy (non-hydrogen) atoms. The van der Waals surface area contributed by atoms with Crippen LogP contribution in [0.4, 0.5) is 4.39 Å². The number of oxime groups is 1. The monoisotopic (exact) mass is 308 g/mol. The van der Waals surface area contributed by atoms with Crippen molar-refractivity contribution in [3.63, 3.8) is 0 Å². The normalized spacial score (nSPS) is 11.5. The molecule has 2 rings (SSSR count). The maximum Gasteiger partial charge on any atom is 0.173 e. The van der Waals surface area contributed by atoms with Crippen LogP contribution in [0.15, 0.2) is 41.6 Å². The highest BCUT2D eigenvalue weighted by Crippen LogP contribution is 2.25. The summed E-state index contributed by atoms with van der Waals surface area (Å²) in [4.78, 5) is 0. The summed E-state index contributed by atoms with van der Waals surface area (Å²) in [5, 5.41) is 12.2. The standard InChI is InChI=1S/C15H14ClFN2O2/c1-9-2-4-12(17)6-10(9)8-21-14-7-11(16)3-5-13(14)15(18)19-20/h2-7,20H,8H2,1H3,(H2,18,19). The predicted molar refractivity (Wildman–Crippen MR) is 79.4 cm³/mol. The molecule has 3 N–H and O–H groups in total. The van der Waals surface area contributed by atoms with Gasteiger partial charge in [-0.2, -0.15) is 0 Å². The fourth-order valence-corrected chi connectivity index (χ4v) is 1.99. The molecule has 0 fully saturated rings. The average Bonchev–Trinajstić information content (AvgIpc) is 2.47. The first-order valence-electron chi connectivity index (χ1n) is 6.16. The largest absolute Gasteiger partial charge is 0.488 e. The summed E-state index contributed by atoms with van der Waals surface area (Å²) in [7, 11) is 0. The molecule has 0 saturated carbocycles. The van der Waals surface area contributed by atoms with Gasteiger partial charge in [-0.15, -0.1) is 0 Å². The summed E-state index contributed by atoms with van der Waals surface area (Å²) in [5.41, 5.74) is 7.61. The van der Waals surface area contributed by atoms with E-state index in [-0.39, 0.29) is 18.3 Å². The van der Waals surface area contributed by atoms with Gasteiger partial charge in [-0.25, -0.2) is 4.39 Å². The zero-order chi connectivity index (χ0) is 15.4. The van der Waals surface area contributed by atoms with Crippen molar-refractivity contribution in [1.82, 2.24) is 0 Å². The molecule has 6 heteroatoms. The van der Waals surface area contributed by atoms with Crippen LogP contribution >= 0.6 is 11.6 Å². The second kappa shape index (κ2) is 6.45. The van der Waals surface area contributed by atoms with Crippen LogP contribution < -0.4 is 10.5 Å². The second-order valence-corrected chi connectivity index (χ2v) is 4.92. The van der Waals surface area contributed by atoms with Crippen LogP contribution in [0.25, 0.3) is 0 Å². The first-order chi connectivity index (χ1) is 10.0. The lowest BCUT2D eigenvalue weighted by atomic mass is 10.1. The van der Waals surface area contributed by atoms with Crippen molar-refractivity contribution in [3.8, 4) is 5.75 Å². The van der Waals surface area contributed by atoms with E-state index in [0.717, 1.165) is 5.56 Å². The Morgan fingerprint density at radius 1 is 1.33 bits per heavy atom. The van der Waals surface area contributed by atoms with E-state index in [0.29, 0.717) is 21.9 Å². The molecule has 0 aromatic heterocycles. The molecule has 0 saturated heterocycles. The number of ether oxygens (including phenoxy) is 1. The van der Waals surface area contributed by atoms with Crippen LogP contribution in [0.5, 0.6) is 5.75 Å². The Morgan fingerprint density at radius 2 is 2.10 bits per heavy atom. The summed E-state index contributed by atoms with van der Waals surface area (Å²) in [6.07, 6.45) is 0. The molecule has 0 heterocycles. The van der Waals surface area contributed by atoms with E-state index >= 15 is 0 Å². The van der Waals surface area contributed by atoms with Crippen LogP contribution in [0, 0.1) is 12.7 Å². The van der Waals surface area contributed by atoms with Gasteiger partial charge in [-0.3, -0.25) is 0 Å². The fraction of sp³-hybridized carbons (Fsp3) is 0.133. The molecule has 0 bridgehead atoms. The second-order valence-electron chi connectivity index (χ2n) is 4.49. The average molecular weight is 309 g/mol. The molecule has 0 aliphatic rings. The molecular weight excluding hydrogens is 295 g/mol. The Bertz CT molecular complexity index is 689. The van der Waals surface area contributed by atoms with Gasteiger partial charge in [0.25, 0.3) is 0 Å². The molecule has 0 spiro atoms. The molecule has 0 unspecified atom stereocenters. The number of rotatable bonds is 4. The van der Waals surface area contributed by atoms with Gasteiger partial charge in [0.15, 0.2) is 5.84 Å². The third kappa shape index (κ3) is 3.64. The van der Waals surface area contributed by atoms with Crippen molar-refractivity contribution < 1.29 is 14.3 Å². The van der Waals surface area contributed by atoms with Crippen molar-refractivity contribution in [1.29, 1.82) is 0 Å². The Balaban J connectivity index is 2.27. The number of hydrogen-bond acceptors (Lipinski definition) is 3. The van der Waals surface area contributed by atoms with Crippen LogP contribution in [0.2, 0.25) is 5.02 Å². The molecule has 0 radical (unpaired) electrons. The number of hydrogen-bond donors (Lipinski definition) is 2. The summed E-state index contributed by atoms with van der Waals surface area (Å²) >= 11 is 5.92. The zero-order valence-electron chi connectivity index (χ0n) is 11.3. The van der Waals surface area contributed by atoms with Crippen molar-refractivity contribution >= 4 is 17.4 Å². The minimum Gasteiger partial charge on any atom is -0.488 e. The predicted octanol–water partition coefficient (Wildman–Crippen LogP) is 3.46. The highest BCUT2D eigenvalue weighted by Gasteiger charge is 2.10. The maximum atomic E-state index is 13.3. The number of nitrogens with zero attached hydrogens (tertiary/aromatic N) is 1. The van der Waals surface area contributed by atoms with Crippen molar-refractivity contribution in [2.45, 2.75) is 13.5 Å². The number of benzene rings is 2. The van der Waals surface area contributed by atoms with E-state index in [1.807, 2.05) is 6.92 Å². The van der Waals surface area contributed by atoms with Gasteiger partial charge < -0.3 is 15.7 Å². The number of halogens is 2. The van der Waals surface area contributed by atoms with Crippen molar-refractivity contribution in [2.75, 3.05) is 0 Å². The molecular formula is C15H14ClFN2O2. The zero-order valence-corrected chi connectivity index (χ0v) is 12.1. The molecule has 0 amide bonds. The lowest BCUT2D eigenvalue weighted by Crippen LogP contribution is -2.15. The highest BCUT2D eigenvalue weighted by molar-refractivity contribution is 6.30. The molecule has 0 aliphatic carbocycles. The smallest absolute Gasteiger partial charge is 0.173 e. The van der Waals surface area contributed by atoms with Gasteiger partial charge >= 0.3 is 0 Å². The Hall–Kier alpha value is -2.27. The van der Waals surface area contributed by atoms with Gasteiger partial charge in [0.05, 0.1) is 5.56 Å². The van der Waals surface area contributed by atoms with E-state index in [2.05, 4.69) is 5.16 Å². The summed E-state index contributed by atoms with van der Waals surface area (Å²) in [6.45, 7) is 2.01. The molecule has 2 aromatic carbocycles. The lowest BCUT2D eigenvalue weighted by Gasteiger charge is -2.12. The van der Waals surface area contributed by atoms with Crippen LogP contribution in [-0.2, 0) is 6.61 Å². The third-order valence-corrected chi connectivity index (χ3v) is 3.26. The van der Waals surface area contributed by atoms with Gasteiger partial charge in [-0.1, -0.05) is 22.8 Å². The van der Waals surface area contributed by atoms with E-state index in [9.17, 15) is 4.39 Å². The van der Waals surface area contributed by atoms with Gasteiger partial charge in [0.1, 0.15) is 18.2 Å². The number of aryl methyl sites for hydroxylation is 1. The van der Waals surface area contributed by atoms with Gasteiger partial charge in [-0.05, 0) is 48.4 Å². The number of amidine groups is 1. The highest BCUT2D eigenvalue weighted by atomic mass is 35.5. The minimum absolute atomic E-state index is 0.0855. The molecule has 2 aromatic rings. The van der Waals surface area contributed by atoms with E-state index in [1.165, 1.54) is 12.1 Å². The van der Waals surface area contributed by atoms with Crippen LogP contribution in [0.1, 0.15) is 16.7 Å². The summed E-state index contributed by atoms with van der Waals surface area (Å²) in [5.74, 6) is -0.0546. The van der Waals surface area contributed by atoms with Crippen molar-refractivity contribution in [3.05, 3.63) is 63.9 Å².